The summed E-state index contributed by atoms with van der Waals surface area (Å²) in [5.74, 6) is 1.11. The van der Waals surface area contributed by atoms with Crippen LogP contribution in [0.3, 0.4) is 0 Å². The summed E-state index contributed by atoms with van der Waals surface area (Å²) in [6, 6.07) is 7.40. The van der Waals surface area contributed by atoms with Crippen molar-refractivity contribution >= 4 is 16.7 Å². The van der Waals surface area contributed by atoms with Gasteiger partial charge in [-0.05, 0) is 49.4 Å². The summed E-state index contributed by atoms with van der Waals surface area (Å²) in [7, 11) is 0. The third kappa shape index (κ3) is 5.41. The summed E-state index contributed by atoms with van der Waals surface area (Å²) in [6.45, 7) is 2.95. The molecule has 1 N–H and O–H groups in total. The van der Waals surface area contributed by atoms with Gasteiger partial charge >= 0.3 is 6.18 Å². The maximum Gasteiger partial charge on any atom is 0.418 e. The summed E-state index contributed by atoms with van der Waals surface area (Å²) < 4.78 is 40.3. The molecule has 2 aromatic heterocycles. The molecule has 3 aromatic rings. The number of hydrogen-bond donors (Lipinski definition) is 1. The molecule has 1 unspecified atom stereocenters. The van der Waals surface area contributed by atoms with Crippen molar-refractivity contribution in [1.82, 2.24) is 15.0 Å². The van der Waals surface area contributed by atoms with E-state index in [1.54, 1.807) is 18.2 Å². The largest absolute Gasteiger partial charge is 0.418 e. The van der Waals surface area contributed by atoms with E-state index in [9.17, 15) is 13.2 Å². The highest BCUT2D eigenvalue weighted by Gasteiger charge is 2.34. The number of rotatable bonds is 8. The molecule has 33 heavy (non-hydrogen) atoms. The minimum atomic E-state index is -4.48. The highest BCUT2D eigenvalue weighted by atomic mass is 19.4. The highest BCUT2D eigenvalue weighted by molar-refractivity contribution is 5.91. The lowest BCUT2D eigenvalue weighted by atomic mass is 9.88. The van der Waals surface area contributed by atoms with Gasteiger partial charge in [-0.15, -0.1) is 0 Å². The van der Waals surface area contributed by atoms with Crippen LogP contribution in [0.4, 0.5) is 19.0 Å². The average molecular weight is 453 g/mol. The zero-order valence-electron chi connectivity index (χ0n) is 18.6. The van der Waals surface area contributed by atoms with E-state index in [-0.39, 0.29) is 5.69 Å². The van der Waals surface area contributed by atoms with Crippen LogP contribution in [-0.2, 0) is 6.18 Å². The predicted molar refractivity (Wildman–Crippen MR) is 126 cm³/mol. The predicted octanol–water partition coefficient (Wildman–Crippen LogP) is 7.21. The first-order valence-electron chi connectivity index (χ1n) is 11.3. The van der Waals surface area contributed by atoms with Crippen molar-refractivity contribution in [2.75, 3.05) is 11.9 Å². The zero-order chi connectivity index (χ0) is 23.3. The van der Waals surface area contributed by atoms with Crippen LogP contribution in [-0.4, -0.2) is 21.5 Å². The van der Waals surface area contributed by atoms with E-state index in [0.29, 0.717) is 22.8 Å². The molecule has 2 heterocycles. The summed E-state index contributed by atoms with van der Waals surface area (Å²) >= 11 is 0. The molecule has 1 aliphatic rings. The zero-order valence-corrected chi connectivity index (χ0v) is 18.6. The number of hydrogen-bond acceptors (Lipinski definition) is 4. The van der Waals surface area contributed by atoms with Crippen LogP contribution in [0.1, 0.15) is 44.6 Å². The van der Waals surface area contributed by atoms with Crippen molar-refractivity contribution in [1.29, 1.82) is 0 Å². The summed E-state index contributed by atoms with van der Waals surface area (Å²) in [5.41, 5.74) is 1.55. The first kappa shape index (κ1) is 23.0. The second-order valence-corrected chi connectivity index (χ2v) is 8.28. The molecular weight excluding hydrogens is 425 g/mol. The lowest BCUT2D eigenvalue weighted by molar-refractivity contribution is -0.137. The fourth-order valence-corrected chi connectivity index (χ4v) is 4.26. The Bertz CT molecular complexity index is 1170. The van der Waals surface area contributed by atoms with Crippen molar-refractivity contribution in [3.05, 3.63) is 72.2 Å². The standard InChI is InChI=1S/C26H27F3N4/c1-2-3-8-20(18-9-5-4-6-10-18)16-31-25-21-13-12-19(15-23(21)32-17-33-25)24-22(26(27,28)29)11-7-14-30-24/h4-5,7,9,11-15,17,20H,2-3,6,8,10,16H2,1H3,(H,31,32,33). The maximum absolute atomic E-state index is 13.4. The molecule has 1 aliphatic carbocycles. The Morgan fingerprint density at radius 2 is 2.00 bits per heavy atom. The summed E-state index contributed by atoms with van der Waals surface area (Å²) in [5, 5.41) is 4.25. The Morgan fingerprint density at radius 3 is 2.76 bits per heavy atom. The smallest absolute Gasteiger partial charge is 0.369 e. The number of unbranched alkanes of at least 4 members (excludes halogenated alkanes) is 1. The van der Waals surface area contributed by atoms with Crippen molar-refractivity contribution in [3.8, 4) is 11.3 Å². The molecule has 4 rings (SSSR count). The molecular formula is C26H27F3N4. The third-order valence-electron chi connectivity index (χ3n) is 6.02. The number of nitrogens with zero attached hydrogens (tertiary/aromatic N) is 3. The van der Waals surface area contributed by atoms with Gasteiger partial charge in [-0.25, -0.2) is 9.97 Å². The van der Waals surface area contributed by atoms with Crippen LogP contribution in [0.5, 0.6) is 0 Å². The number of anilines is 1. The first-order chi connectivity index (χ1) is 16.0. The van der Waals surface area contributed by atoms with Gasteiger partial charge in [0.1, 0.15) is 12.1 Å². The van der Waals surface area contributed by atoms with E-state index in [0.717, 1.165) is 50.1 Å². The maximum atomic E-state index is 13.4. The Kier molecular flexibility index (Phi) is 7.06. The van der Waals surface area contributed by atoms with E-state index in [4.69, 9.17) is 0 Å². The highest BCUT2D eigenvalue weighted by Crippen LogP contribution is 2.36. The summed E-state index contributed by atoms with van der Waals surface area (Å²) in [6.07, 6.45) is 10.4. The van der Waals surface area contributed by atoms with Gasteiger partial charge in [0, 0.05) is 23.7 Å². The molecule has 4 nitrogen and oxygen atoms in total. The lowest BCUT2D eigenvalue weighted by Crippen LogP contribution is -2.18. The van der Waals surface area contributed by atoms with Gasteiger partial charge in [-0.3, -0.25) is 4.98 Å². The van der Waals surface area contributed by atoms with Crippen LogP contribution in [0.15, 0.2) is 66.7 Å². The van der Waals surface area contributed by atoms with Crippen molar-refractivity contribution < 1.29 is 13.2 Å². The topological polar surface area (TPSA) is 50.7 Å². The Hall–Kier alpha value is -3.22. The minimum Gasteiger partial charge on any atom is -0.369 e. The van der Waals surface area contributed by atoms with Crippen molar-refractivity contribution in [2.24, 2.45) is 5.92 Å². The normalized spacial score (nSPS) is 14.8. The molecule has 0 spiro atoms. The van der Waals surface area contributed by atoms with Gasteiger partial charge in [0.15, 0.2) is 0 Å². The number of aromatic nitrogens is 3. The van der Waals surface area contributed by atoms with E-state index >= 15 is 0 Å². The Balaban J connectivity index is 1.60. The average Bonchev–Trinajstić information content (AvgIpc) is 2.84. The van der Waals surface area contributed by atoms with Gasteiger partial charge < -0.3 is 5.32 Å². The number of pyridine rings is 1. The van der Waals surface area contributed by atoms with Crippen molar-refractivity contribution in [2.45, 2.75) is 45.2 Å². The second-order valence-electron chi connectivity index (χ2n) is 8.28. The number of halogens is 3. The monoisotopic (exact) mass is 452 g/mol. The van der Waals surface area contributed by atoms with Crippen LogP contribution >= 0.6 is 0 Å². The molecule has 1 aromatic carbocycles. The molecule has 0 radical (unpaired) electrons. The van der Waals surface area contributed by atoms with Gasteiger partial charge in [-0.2, -0.15) is 13.2 Å². The van der Waals surface area contributed by atoms with Crippen LogP contribution in [0.2, 0.25) is 0 Å². The third-order valence-corrected chi connectivity index (χ3v) is 6.02. The number of alkyl halides is 3. The molecule has 0 saturated heterocycles. The molecule has 0 fully saturated rings. The number of nitrogens with one attached hydrogen (secondary N) is 1. The molecule has 1 atom stereocenters. The molecule has 0 aliphatic heterocycles. The Morgan fingerprint density at radius 1 is 1.12 bits per heavy atom. The fourth-order valence-electron chi connectivity index (χ4n) is 4.26. The fraction of sp³-hybridized carbons (Fsp3) is 0.346. The van der Waals surface area contributed by atoms with E-state index in [1.807, 2.05) is 0 Å². The van der Waals surface area contributed by atoms with Crippen LogP contribution in [0.25, 0.3) is 22.2 Å². The molecule has 0 amide bonds. The van der Waals surface area contributed by atoms with Gasteiger partial charge in [0.05, 0.1) is 16.8 Å². The molecule has 172 valence electrons. The first-order valence-corrected chi connectivity index (χ1v) is 11.3. The molecule has 7 heteroatoms. The lowest BCUT2D eigenvalue weighted by Gasteiger charge is -2.22. The van der Waals surface area contributed by atoms with Crippen molar-refractivity contribution in [3.63, 3.8) is 0 Å². The number of allylic oxidation sites excluding steroid dienone is 3. The number of fused-ring (bicyclic) bond motifs is 1. The Labute approximate surface area is 191 Å². The van der Waals surface area contributed by atoms with E-state index in [2.05, 4.69) is 45.4 Å². The minimum absolute atomic E-state index is 0.100. The quantitative estimate of drug-likeness (QED) is 0.392. The molecule has 0 bridgehead atoms. The van der Waals surface area contributed by atoms with Crippen LogP contribution in [0, 0.1) is 5.92 Å². The SMILES string of the molecule is CCCCC(CNc1ncnc2cc(-c3ncccc3C(F)(F)F)ccc12)C1=CC=CCC1. The van der Waals surface area contributed by atoms with E-state index < -0.39 is 11.7 Å². The number of benzene rings is 1. The van der Waals surface area contributed by atoms with E-state index in [1.165, 1.54) is 24.2 Å². The second kappa shape index (κ2) is 10.1. The van der Waals surface area contributed by atoms with Gasteiger partial charge in [0.2, 0.25) is 0 Å². The van der Waals surface area contributed by atoms with Crippen LogP contribution < -0.4 is 5.32 Å². The summed E-state index contributed by atoms with van der Waals surface area (Å²) in [4.78, 5) is 12.7. The molecule has 0 saturated carbocycles. The van der Waals surface area contributed by atoms with Gasteiger partial charge in [-0.1, -0.05) is 49.6 Å². The van der Waals surface area contributed by atoms with Gasteiger partial charge in [0.25, 0.3) is 0 Å².